The molecule has 1 radical (unpaired) electrons. The molecule has 0 atom stereocenters. The Kier molecular flexibility index (Phi) is 2.49. The van der Waals surface area contributed by atoms with Gasteiger partial charge in [0.05, 0.1) is 7.11 Å². The summed E-state index contributed by atoms with van der Waals surface area (Å²) in [5.74, 6) is -0.300. The van der Waals surface area contributed by atoms with E-state index in [1.54, 1.807) is 6.07 Å². The maximum atomic E-state index is 12.8. The fourth-order valence-corrected chi connectivity index (χ4v) is 0.763. The Bertz CT molecular complexity index is 252. The van der Waals surface area contributed by atoms with Crippen LogP contribution in [0.3, 0.4) is 0 Å². The van der Waals surface area contributed by atoms with Gasteiger partial charge >= 0.3 is 7.48 Å². The van der Waals surface area contributed by atoms with Crippen molar-refractivity contribution in [1.82, 2.24) is 0 Å². The molecule has 0 heterocycles. The number of halogens is 1. The zero-order valence-corrected chi connectivity index (χ0v) is 6.04. The molecule has 0 amide bonds. The summed E-state index contributed by atoms with van der Waals surface area (Å²) in [5.41, 5.74) is 0.420. The van der Waals surface area contributed by atoms with Gasteiger partial charge in [0, 0.05) is 0 Å². The molecule has 0 unspecified atom stereocenters. The van der Waals surface area contributed by atoms with Crippen molar-refractivity contribution in [2.75, 3.05) is 7.11 Å². The van der Waals surface area contributed by atoms with Crippen LogP contribution in [0, 0.1) is 5.82 Å². The first kappa shape index (κ1) is 8.08. The molecule has 0 aliphatic carbocycles. The Balaban J connectivity index is 2.99. The minimum absolute atomic E-state index is 0.176. The topological polar surface area (TPSA) is 29.5 Å². The lowest BCUT2D eigenvalue weighted by atomic mass is 9.89. The van der Waals surface area contributed by atoms with Crippen molar-refractivity contribution in [1.29, 1.82) is 0 Å². The molecule has 4 heteroatoms. The molecule has 0 fully saturated rings. The van der Waals surface area contributed by atoms with Crippen molar-refractivity contribution in [3.05, 3.63) is 24.0 Å². The number of hydrogen-bond acceptors (Lipinski definition) is 2. The van der Waals surface area contributed by atoms with Gasteiger partial charge in [-0.2, -0.15) is 0 Å². The lowest BCUT2D eigenvalue weighted by Crippen LogP contribution is -2.13. The Hall–Kier alpha value is -1.03. The summed E-state index contributed by atoms with van der Waals surface area (Å²) >= 11 is 0. The highest BCUT2D eigenvalue weighted by Crippen LogP contribution is 2.12. The Morgan fingerprint density at radius 3 is 2.73 bits per heavy atom. The van der Waals surface area contributed by atoms with E-state index >= 15 is 0 Å². The minimum Gasteiger partial charge on any atom is -0.494 e. The summed E-state index contributed by atoms with van der Waals surface area (Å²) < 4.78 is 17.5. The average Bonchev–Trinajstić information content (AvgIpc) is 2.04. The van der Waals surface area contributed by atoms with E-state index in [0.717, 1.165) is 7.48 Å². The third-order valence-electron chi connectivity index (χ3n) is 1.32. The highest BCUT2D eigenvalue weighted by atomic mass is 19.1. The molecule has 0 aliphatic heterocycles. The van der Waals surface area contributed by atoms with Gasteiger partial charge in [0.15, 0.2) is 11.6 Å². The van der Waals surface area contributed by atoms with E-state index in [2.05, 4.69) is 4.74 Å². The zero-order chi connectivity index (χ0) is 8.27. The van der Waals surface area contributed by atoms with Gasteiger partial charge in [0.2, 0.25) is 0 Å². The monoisotopic (exact) mass is 153 g/mol. The van der Waals surface area contributed by atoms with Gasteiger partial charge in [-0.1, -0.05) is 11.5 Å². The number of ether oxygens (including phenoxy) is 1. The number of hydrogen-bond donors (Lipinski definition) is 1. The highest BCUT2D eigenvalue weighted by Gasteiger charge is 2.02. The van der Waals surface area contributed by atoms with Crippen molar-refractivity contribution in [3.8, 4) is 5.75 Å². The van der Waals surface area contributed by atoms with E-state index in [1.807, 2.05) is 0 Å². The molecule has 0 aliphatic rings. The molecule has 1 rings (SSSR count). The first-order chi connectivity index (χ1) is 5.27. The predicted octanol–water partition coefficient (Wildman–Crippen LogP) is 0.0711. The summed E-state index contributed by atoms with van der Waals surface area (Å²) in [5, 5.41) is 8.49. The molecular formula is C7H7BFO2. The third kappa shape index (κ3) is 1.71. The Morgan fingerprint density at radius 1 is 1.55 bits per heavy atom. The molecule has 0 saturated carbocycles. The Morgan fingerprint density at radius 2 is 2.27 bits per heavy atom. The first-order valence-corrected chi connectivity index (χ1v) is 3.09. The van der Waals surface area contributed by atoms with Crippen molar-refractivity contribution in [3.63, 3.8) is 0 Å². The summed E-state index contributed by atoms with van der Waals surface area (Å²) in [4.78, 5) is 0. The van der Waals surface area contributed by atoms with Crippen LogP contribution in [0.5, 0.6) is 5.75 Å². The van der Waals surface area contributed by atoms with Crippen molar-refractivity contribution in [2.45, 2.75) is 0 Å². The lowest BCUT2D eigenvalue weighted by Gasteiger charge is -2.01. The van der Waals surface area contributed by atoms with Gasteiger partial charge in [0.1, 0.15) is 0 Å². The van der Waals surface area contributed by atoms with Crippen molar-refractivity contribution < 1.29 is 14.2 Å². The second kappa shape index (κ2) is 3.39. The fourth-order valence-electron chi connectivity index (χ4n) is 0.763. The maximum Gasteiger partial charge on any atom is 0.326 e. The van der Waals surface area contributed by atoms with Crippen LogP contribution in [0.2, 0.25) is 0 Å². The van der Waals surface area contributed by atoms with Crippen LogP contribution in [0.4, 0.5) is 4.39 Å². The van der Waals surface area contributed by atoms with Crippen LogP contribution in [-0.2, 0) is 0 Å². The van der Waals surface area contributed by atoms with Crippen LogP contribution in [0.1, 0.15) is 0 Å². The molecule has 1 N–H and O–H groups in total. The lowest BCUT2D eigenvalue weighted by molar-refractivity contribution is 0.387. The smallest absolute Gasteiger partial charge is 0.326 e. The van der Waals surface area contributed by atoms with E-state index in [9.17, 15) is 4.39 Å². The van der Waals surface area contributed by atoms with Crippen LogP contribution < -0.4 is 10.2 Å². The summed E-state index contributed by atoms with van der Waals surface area (Å²) in [7, 11) is 2.23. The average molecular weight is 153 g/mol. The zero-order valence-electron chi connectivity index (χ0n) is 6.04. The normalized spacial score (nSPS) is 9.36. The van der Waals surface area contributed by atoms with E-state index in [-0.39, 0.29) is 5.75 Å². The molecule has 0 aromatic heterocycles. The minimum atomic E-state index is -0.477. The molecule has 2 nitrogen and oxygen atoms in total. The molecule has 0 saturated heterocycles. The van der Waals surface area contributed by atoms with E-state index in [4.69, 9.17) is 5.02 Å². The van der Waals surface area contributed by atoms with Crippen molar-refractivity contribution in [2.24, 2.45) is 0 Å². The third-order valence-corrected chi connectivity index (χ3v) is 1.32. The van der Waals surface area contributed by atoms with Gasteiger partial charge in [-0.25, -0.2) is 4.39 Å². The van der Waals surface area contributed by atoms with Crippen LogP contribution in [0.15, 0.2) is 18.2 Å². The second-order valence-corrected chi connectivity index (χ2v) is 2.02. The molecular weight excluding hydrogens is 146 g/mol. The highest BCUT2D eigenvalue weighted by molar-refractivity contribution is 6.45. The SMILES string of the molecule is COc1ccc([B]O)cc1F. The maximum absolute atomic E-state index is 12.8. The van der Waals surface area contributed by atoms with Gasteiger partial charge < -0.3 is 9.76 Å². The fraction of sp³-hybridized carbons (Fsp3) is 0.143. The molecule has 11 heavy (non-hydrogen) atoms. The van der Waals surface area contributed by atoms with Crippen LogP contribution in [-0.4, -0.2) is 19.6 Å². The number of benzene rings is 1. The quantitative estimate of drug-likeness (QED) is 0.609. The molecule has 0 spiro atoms. The number of rotatable bonds is 2. The summed E-state index contributed by atoms with van der Waals surface area (Å²) in [6.45, 7) is 0. The first-order valence-electron chi connectivity index (χ1n) is 3.09. The largest absolute Gasteiger partial charge is 0.494 e. The van der Waals surface area contributed by atoms with Crippen LogP contribution in [0.25, 0.3) is 0 Å². The van der Waals surface area contributed by atoms with Crippen LogP contribution >= 0.6 is 0 Å². The molecule has 0 bridgehead atoms. The predicted molar refractivity (Wildman–Crippen MR) is 40.6 cm³/mol. The van der Waals surface area contributed by atoms with Gasteiger partial charge in [0.25, 0.3) is 0 Å². The summed E-state index contributed by atoms with van der Waals surface area (Å²) in [6.07, 6.45) is 0. The molecule has 57 valence electrons. The standard InChI is InChI=1S/C7H7BFO2/c1-11-7-3-2-5(8-10)4-6(7)9/h2-4,10H,1H3. The Labute approximate surface area is 64.9 Å². The second-order valence-electron chi connectivity index (χ2n) is 2.02. The molecule has 1 aromatic carbocycles. The van der Waals surface area contributed by atoms with Gasteiger partial charge in [-0.05, 0) is 12.1 Å². The van der Waals surface area contributed by atoms with Crippen molar-refractivity contribution >= 4 is 12.9 Å². The van der Waals surface area contributed by atoms with E-state index in [1.165, 1.54) is 19.2 Å². The van der Waals surface area contributed by atoms with E-state index < -0.39 is 5.82 Å². The number of methoxy groups -OCH3 is 1. The molecule has 1 aromatic rings. The van der Waals surface area contributed by atoms with Gasteiger partial charge in [-0.3, -0.25) is 0 Å². The van der Waals surface area contributed by atoms with E-state index in [0.29, 0.717) is 5.46 Å². The van der Waals surface area contributed by atoms with Gasteiger partial charge in [-0.15, -0.1) is 0 Å². The summed E-state index contributed by atoms with van der Waals surface area (Å²) in [6, 6.07) is 4.21.